The third-order valence-corrected chi connectivity index (χ3v) is 3.59. The number of ether oxygens (including phenoxy) is 3. The standard InChI is InChI=1S/C11H15N3O5S/c1-2-17-11(16)18-5-9-19-8(6-20-9)14-4-3-7(12)13-10(14)15/h3-4,8-9H,2,5-6H2,1H3,(H2,12,13,15)/t8-,9+/m0/s1. The van der Waals surface area contributed by atoms with Crippen LogP contribution in [0, 0.1) is 0 Å². The van der Waals surface area contributed by atoms with Crippen molar-refractivity contribution in [2.45, 2.75) is 18.6 Å². The first-order valence-corrected chi connectivity index (χ1v) is 7.06. The lowest BCUT2D eigenvalue weighted by Crippen LogP contribution is -2.29. The van der Waals surface area contributed by atoms with E-state index in [-0.39, 0.29) is 24.5 Å². The van der Waals surface area contributed by atoms with E-state index in [0.717, 1.165) is 0 Å². The summed E-state index contributed by atoms with van der Waals surface area (Å²) in [5, 5.41) is 0. The molecule has 0 aromatic carbocycles. The van der Waals surface area contributed by atoms with E-state index in [2.05, 4.69) is 9.72 Å². The van der Waals surface area contributed by atoms with Gasteiger partial charge in [0.05, 0.1) is 6.61 Å². The summed E-state index contributed by atoms with van der Waals surface area (Å²) in [5.41, 5.74) is 4.61. The van der Waals surface area contributed by atoms with Crippen molar-refractivity contribution in [3.8, 4) is 0 Å². The molecule has 1 aliphatic rings. The second-order valence-corrected chi connectivity index (χ2v) is 5.08. The number of carbonyl (C=O) groups excluding carboxylic acids is 1. The fraction of sp³-hybridized carbons (Fsp3) is 0.545. The zero-order valence-corrected chi connectivity index (χ0v) is 11.7. The van der Waals surface area contributed by atoms with Crippen LogP contribution in [0.3, 0.4) is 0 Å². The summed E-state index contributed by atoms with van der Waals surface area (Å²) in [6, 6.07) is 1.53. The molecule has 2 heterocycles. The van der Waals surface area contributed by atoms with Crippen LogP contribution in [0.15, 0.2) is 17.1 Å². The zero-order chi connectivity index (χ0) is 14.5. The Morgan fingerprint density at radius 2 is 2.45 bits per heavy atom. The number of nitrogens with two attached hydrogens (primary N) is 1. The third kappa shape index (κ3) is 3.64. The normalized spacial score (nSPS) is 21.6. The Labute approximate surface area is 119 Å². The van der Waals surface area contributed by atoms with Crippen molar-refractivity contribution < 1.29 is 19.0 Å². The predicted molar refractivity (Wildman–Crippen MR) is 72.3 cm³/mol. The monoisotopic (exact) mass is 301 g/mol. The maximum atomic E-state index is 11.7. The predicted octanol–water partition coefficient (Wildman–Crippen LogP) is 0.587. The summed E-state index contributed by atoms with van der Waals surface area (Å²) < 4.78 is 16.5. The second-order valence-electron chi connectivity index (χ2n) is 3.89. The van der Waals surface area contributed by atoms with E-state index < -0.39 is 18.1 Å². The molecule has 0 amide bonds. The number of nitrogen functional groups attached to an aromatic ring is 1. The Bertz CT molecular complexity index is 535. The van der Waals surface area contributed by atoms with Crippen LogP contribution in [0.1, 0.15) is 13.2 Å². The summed E-state index contributed by atoms with van der Waals surface area (Å²) in [5.74, 6) is 0.724. The number of anilines is 1. The summed E-state index contributed by atoms with van der Waals surface area (Å²) >= 11 is 1.44. The van der Waals surface area contributed by atoms with E-state index in [1.807, 2.05) is 0 Å². The van der Waals surface area contributed by atoms with Gasteiger partial charge in [-0.15, -0.1) is 11.8 Å². The van der Waals surface area contributed by atoms with Crippen LogP contribution in [0.25, 0.3) is 0 Å². The van der Waals surface area contributed by atoms with E-state index in [1.54, 1.807) is 6.92 Å². The molecule has 0 radical (unpaired) electrons. The SMILES string of the molecule is CCOC(=O)OC[C@@H]1O[C@H](n2ccc(N)nc2=O)CS1. The molecule has 8 nitrogen and oxygen atoms in total. The van der Waals surface area contributed by atoms with Gasteiger partial charge >= 0.3 is 11.8 Å². The van der Waals surface area contributed by atoms with Crippen molar-refractivity contribution >= 4 is 23.7 Å². The molecule has 0 saturated carbocycles. The van der Waals surface area contributed by atoms with E-state index in [9.17, 15) is 9.59 Å². The quantitative estimate of drug-likeness (QED) is 0.805. The lowest BCUT2D eigenvalue weighted by Gasteiger charge is -2.14. The first-order valence-electron chi connectivity index (χ1n) is 6.01. The van der Waals surface area contributed by atoms with Gasteiger partial charge in [-0.1, -0.05) is 0 Å². The molecular formula is C11H15N3O5S. The van der Waals surface area contributed by atoms with Crippen LogP contribution in [-0.4, -0.2) is 40.1 Å². The van der Waals surface area contributed by atoms with Crippen LogP contribution in [0.2, 0.25) is 0 Å². The average Bonchev–Trinajstić information content (AvgIpc) is 2.85. The van der Waals surface area contributed by atoms with E-state index in [0.29, 0.717) is 5.75 Å². The lowest BCUT2D eigenvalue weighted by molar-refractivity contribution is -0.0230. The number of carbonyl (C=O) groups is 1. The van der Waals surface area contributed by atoms with Crippen LogP contribution >= 0.6 is 11.8 Å². The Morgan fingerprint density at radius 1 is 1.65 bits per heavy atom. The molecule has 1 aromatic heterocycles. The summed E-state index contributed by atoms with van der Waals surface area (Å²) in [6.07, 6.45) is 0.354. The molecule has 0 bridgehead atoms. The van der Waals surface area contributed by atoms with Crippen molar-refractivity contribution in [2.75, 3.05) is 24.7 Å². The van der Waals surface area contributed by atoms with Gasteiger partial charge in [0.1, 0.15) is 24.1 Å². The third-order valence-electron chi connectivity index (χ3n) is 2.49. The molecule has 1 fully saturated rings. The number of hydrogen-bond donors (Lipinski definition) is 1. The second kappa shape index (κ2) is 6.62. The molecule has 1 aliphatic heterocycles. The summed E-state index contributed by atoms with van der Waals surface area (Å²) in [7, 11) is 0. The topological polar surface area (TPSA) is 106 Å². The Morgan fingerprint density at radius 3 is 3.15 bits per heavy atom. The van der Waals surface area contributed by atoms with Gasteiger partial charge < -0.3 is 19.9 Å². The molecule has 0 spiro atoms. The van der Waals surface area contributed by atoms with Crippen molar-refractivity contribution in [3.63, 3.8) is 0 Å². The molecule has 2 atom stereocenters. The van der Waals surface area contributed by atoms with Crippen molar-refractivity contribution in [2.24, 2.45) is 0 Å². The minimum absolute atomic E-state index is 0.0666. The number of thioether (sulfide) groups is 1. The lowest BCUT2D eigenvalue weighted by atomic mass is 10.5. The summed E-state index contributed by atoms with van der Waals surface area (Å²) in [4.78, 5) is 26.3. The zero-order valence-electron chi connectivity index (χ0n) is 10.9. The van der Waals surface area contributed by atoms with Crippen LogP contribution in [-0.2, 0) is 14.2 Å². The maximum Gasteiger partial charge on any atom is 0.508 e. The highest BCUT2D eigenvalue weighted by Crippen LogP contribution is 2.31. The number of rotatable bonds is 4. The Balaban J connectivity index is 1.89. The molecule has 1 aromatic rings. The van der Waals surface area contributed by atoms with Crippen LogP contribution in [0.4, 0.5) is 10.6 Å². The molecule has 9 heteroatoms. The minimum Gasteiger partial charge on any atom is -0.435 e. The molecule has 2 rings (SSSR count). The highest BCUT2D eigenvalue weighted by Gasteiger charge is 2.29. The van der Waals surface area contributed by atoms with Gasteiger partial charge in [-0.05, 0) is 13.0 Å². The fourth-order valence-corrected chi connectivity index (χ4v) is 2.61. The van der Waals surface area contributed by atoms with E-state index in [1.165, 1.54) is 28.6 Å². The van der Waals surface area contributed by atoms with Crippen molar-refractivity contribution in [3.05, 3.63) is 22.7 Å². The minimum atomic E-state index is -0.730. The number of nitrogens with zero attached hydrogens (tertiary/aromatic N) is 2. The fourth-order valence-electron chi connectivity index (χ4n) is 1.62. The average molecular weight is 301 g/mol. The van der Waals surface area contributed by atoms with Gasteiger partial charge in [0.25, 0.3) is 0 Å². The van der Waals surface area contributed by atoms with Gasteiger partial charge in [-0.3, -0.25) is 4.57 Å². The molecule has 0 unspecified atom stereocenters. The number of hydrogen-bond acceptors (Lipinski definition) is 8. The van der Waals surface area contributed by atoms with Gasteiger partial charge in [0.15, 0.2) is 0 Å². The maximum absolute atomic E-state index is 11.7. The van der Waals surface area contributed by atoms with Crippen LogP contribution in [0.5, 0.6) is 0 Å². The molecule has 20 heavy (non-hydrogen) atoms. The molecule has 1 saturated heterocycles. The first kappa shape index (κ1) is 14.7. The van der Waals surface area contributed by atoms with Gasteiger partial charge in [-0.25, -0.2) is 9.59 Å². The molecule has 2 N–H and O–H groups in total. The van der Waals surface area contributed by atoms with E-state index >= 15 is 0 Å². The van der Waals surface area contributed by atoms with Gasteiger partial charge in [0, 0.05) is 11.9 Å². The smallest absolute Gasteiger partial charge is 0.435 e. The first-order chi connectivity index (χ1) is 9.60. The highest BCUT2D eigenvalue weighted by atomic mass is 32.2. The molecule has 110 valence electrons. The van der Waals surface area contributed by atoms with Gasteiger partial charge in [-0.2, -0.15) is 4.98 Å². The largest absolute Gasteiger partial charge is 0.508 e. The highest BCUT2D eigenvalue weighted by molar-refractivity contribution is 8.00. The number of aromatic nitrogens is 2. The van der Waals surface area contributed by atoms with Crippen LogP contribution < -0.4 is 11.4 Å². The molecular weight excluding hydrogens is 286 g/mol. The molecule has 0 aliphatic carbocycles. The Kier molecular flexibility index (Phi) is 4.85. The Hall–Kier alpha value is -1.74. The van der Waals surface area contributed by atoms with E-state index in [4.69, 9.17) is 15.2 Å². The van der Waals surface area contributed by atoms with Crippen molar-refractivity contribution in [1.82, 2.24) is 9.55 Å². The van der Waals surface area contributed by atoms with Crippen molar-refractivity contribution in [1.29, 1.82) is 0 Å². The summed E-state index contributed by atoms with van der Waals surface area (Å²) in [6.45, 7) is 2.02. The van der Waals surface area contributed by atoms with Gasteiger partial charge in [0.2, 0.25) is 0 Å².